The predicted octanol–water partition coefficient (Wildman–Crippen LogP) is 2.55. The van der Waals surface area contributed by atoms with Gasteiger partial charge in [-0.3, -0.25) is 14.9 Å². The maximum atomic E-state index is 11.6. The number of alkyl halides is 3. The number of hydrogen-bond acceptors (Lipinski definition) is 3. The summed E-state index contributed by atoms with van der Waals surface area (Å²) in [5.74, 6) is -0.638. The van der Waals surface area contributed by atoms with E-state index in [0.717, 1.165) is 24.6 Å². The molecule has 16 heavy (non-hydrogen) atoms. The third-order valence-electron chi connectivity index (χ3n) is 2.56. The maximum absolute atomic E-state index is 11.6. The first-order chi connectivity index (χ1) is 7.38. The van der Waals surface area contributed by atoms with Crippen LogP contribution < -0.4 is 5.32 Å². The number of halogens is 3. The van der Waals surface area contributed by atoms with Gasteiger partial charge in [0.05, 0.1) is 0 Å². The zero-order chi connectivity index (χ0) is 11.9. The Morgan fingerprint density at radius 3 is 2.56 bits per heavy atom. The second-order valence-corrected chi connectivity index (χ2v) is 7.99. The fourth-order valence-corrected chi connectivity index (χ4v) is 3.92. The third kappa shape index (κ3) is 2.50. The minimum atomic E-state index is -1.47. The predicted molar refractivity (Wildman–Crippen MR) is 65.7 cm³/mol. The summed E-state index contributed by atoms with van der Waals surface area (Å²) in [4.78, 5) is 23.0. The van der Waals surface area contributed by atoms with Gasteiger partial charge in [0, 0.05) is 16.4 Å². The Morgan fingerprint density at radius 2 is 1.94 bits per heavy atom. The van der Waals surface area contributed by atoms with Gasteiger partial charge in [0.1, 0.15) is 0 Å². The molecule has 0 aromatic rings. The van der Waals surface area contributed by atoms with E-state index < -0.39 is 3.12 Å². The number of hydrogen-bond donors (Lipinski definition) is 1. The fraction of sp³-hybridized carbons (Fsp3) is 0.556. The zero-order valence-corrected chi connectivity index (χ0v) is 11.1. The molecule has 0 saturated carbocycles. The van der Waals surface area contributed by atoms with E-state index in [1.54, 1.807) is 0 Å². The molecule has 7 heteroatoms. The largest absolute Gasteiger partial charge is 0.289 e. The molecule has 0 bridgehead atoms. The van der Waals surface area contributed by atoms with Crippen molar-refractivity contribution in [2.45, 2.75) is 27.6 Å². The summed E-state index contributed by atoms with van der Waals surface area (Å²) in [6, 6.07) is 0. The van der Waals surface area contributed by atoms with E-state index in [4.69, 9.17) is 34.8 Å². The van der Waals surface area contributed by atoms with Gasteiger partial charge in [-0.1, -0.05) is 46.6 Å². The van der Waals surface area contributed by atoms with Crippen molar-refractivity contribution in [3.05, 3.63) is 11.1 Å². The van der Waals surface area contributed by atoms with E-state index in [-0.39, 0.29) is 17.1 Å². The van der Waals surface area contributed by atoms with Crippen molar-refractivity contribution in [1.82, 2.24) is 5.32 Å². The van der Waals surface area contributed by atoms with Gasteiger partial charge in [-0.15, -0.1) is 0 Å². The highest BCUT2D eigenvalue weighted by molar-refractivity contribution is 8.05. The molecule has 0 radical (unpaired) electrons. The number of amides is 2. The minimum Gasteiger partial charge on any atom is -0.289 e. The normalized spacial score (nSPS) is 25.8. The Labute approximate surface area is 112 Å². The highest BCUT2D eigenvalue weighted by Crippen LogP contribution is 2.47. The lowest BCUT2D eigenvalue weighted by atomic mass is 9.93. The Morgan fingerprint density at radius 1 is 1.25 bits per heavy atom. The topological polar surface area (TPSA) is 46.2 Å². The standard InChI is InChI=1S/C9H8Cl3NO2S/c10-9(11,12)16-5-3-1-2-4-6(5)8(15)13-7(4)14/h5H,1-3H2,(H,13,14,15). The Kier molecular flexibility index (Phi) is 3.46. The average Bonchev–Trinajstić information content (AvgIpc) is 2.41. The lowest BCUT2D eigenvalue weighted by Crippen LogP contribution is -2.25. The summed E-state index contributed by atoms with van der Waals surface area (Å²) in [7, 11) is 0. The number of imide groups is 1. The lowest BCUT2D eigenvalue weighted by Gasteiger charge is -2.24. The number of nitrogens with one attached hydrogen (secondary N) is 1. The second-order valence-electron chi connectivity index (χ2n) is 3.62. The highest BCUT2D eigenvalue weighted by atomic mass is 35.6. The monoisotopic (exact) mass is 299 g/mol. The second kappa shape index (κ2) is 4.41. The Hall–Kier alpha value is 0.1000. The molecule has 2 rings (SSSR count). The summed E-state index contributed by atoms with van der Waals surface area (Å²) in [5, 5.41) is 2.07. The molecule has 1 heterocycles. The molecule has 0 saturated heterocycles. The summed E-state index contributed by atoms with van der Waals surface area (Å²) < 4.78 is -1.47. The van der Waals surface area contributed by atoms with Crippen LogP contribution in [0, 0.1) is 0 Å². The van der Waals surface area contributed by atoms with Crippen LogP contribution in [-0.2, 0) is 9.59 Å². The van der Waals surface area contributed by atoms with Crippen molar-refractivity contribution < 1.29 is 9.59 Å². The van der Waals surface area contributed by atoms with Crippen LogP contribution in [0.1, 0.15) is 19.3 Å². The van der Waals surface area contributed by atoms with Crippen LogP contribution in [0.15, 0.2) is 11.1 Å². The summed E-state index contributed by atoms with van der Waals surface area (Å²) >= 11 is 18.2. The fourth-order valence-electron chi connectivity index (χ4n) is 1.98. The molecule has 0 fully saturated rings. The molecule has 0 aromatic carbocycles. The van der Waals surface area contributed by atoms with Gasteiger partial charge < -0.3 is 0 Å². The maximum Gasteiger partial charge on any atom is 0.255 e. The molecule has 0 aromatic heterocycles. The van der Waals surface area contributed by atoms with E-state index in [1.807, 2.05) is 0 Å². The molecule has 1 aliphatic heterocycles. The first kappa shape index (κ1) is 12.6. The van der Waals surface area contributed by atoms with Crippen LogP contribution in [0.25, 0.3) is 0 Å². The van der Waals surface area contributed by atoms with E-state index in [9.17, 15) is 9.59 Å². The molecule has 1 unspecified atom stereocenters. The van der Waals surface area contributed by atoms with Crippen molar-refractivity contribution in [3.63, 3.8) is 0 Å². The van der Waals surface area contributed by atoms with Gasteiger partial charge >= 0.3 is 0 Å². The number of carbonyl (C=O) groups is 2. The summed E-state index contributed by atoms with van der Waals surface area (Å²) in [5.41, 5.74) is 1.05. The molecular formula is C9H8Cl3NO2S. The van der Waals surface area contributed by atoms with E-state index >= 15 is 0 Å². The van der Waals surface area contributed by atoms with Gasteiger partial charge in [0.2, 0.25) is 3.12 Å². The van der Waals surface area contributed by atoms with Gasteiger partial charge in [-0.05, 0) is 19.3 Å². The highest BCUT2D eigenvalue weighted by Gasteiger charge is 2.40. The van der Waals surface area contributed by atoms with E-state index in [2.05, 4.69) is 5.32 Å². The van der Waals surface area contributed by atoms with Crippen LogP contribution in [0.3, 0.4) is 0 Å². The molecule has 2 amide bonds. The van der Waals surface area contributed by atoms with Crippen LogP contribution in [0.5, 0.6) is 0 Å². The minimum absolute atomic E-state index is 0.206. The average molecular weight is 301 g/mol. The van der Waals surface area contributed by atoms with Crippen molar-refractivity contribution >= 4 is 58.4 Å². The van der Waals surface area contributed by atoms with E-state index in [0.29, 0.717) is 17.6 Å². The van der Waals surface area contributed by atoms with Gasteiger partial charge in [-0.25, -0.2) is 0 Å². The Bertz CT molecular complexity index is 389. The lowest BCUT2D eigenvalue weighted by molar-refractivity contribution is -0.124. The van der Waals surface area contributed by atoms with Gasteiger partial charge in [0.15, 0.2) is 0 Å². The van der Waals surface area contributed by atoms with Crippen LogP contribution >= 0.6 is 46.6 Å². The SMILES string of the molecule is O=C1NC(=O)C2=C1CCCC2SC(Cl)(Cl)Cl. The third-order valence-corrected chi connectivity index (χ3v) is 4.39. The van der Waals surface area contributed by atoms with Crippen molar-refractivity contribution in [2.75, 3.05) is 0 Å². The molecule has 88 valence electrons. The number of thioether (sulfide) groups is 1. The van der Waals surface area contributed by atoms with E-state index in [1.165, 1.54) is 0 Å². The first-order valence-corrected chi connectivity index (χ1v) is 6.73. The van der Waals surface area contributed by atoms with Gasteiger partial charge in [-0.2, -0.15) is 0 Å². The molecule has 1 N–H and O–H groups in total. The molecule has 2 aliphatic rings. The molecule has 0 spiro atoms. The Balaban J connectivity index is 2.27. The van der Waals surface area contributed by atoms with Gasteiger partial charge in [0.25, 0.3) is 11.8 Å². The quantitative estimate of drug-likeness (QED) is 0.598. The smallest absolute Gasteiger partial charge is 0.255 e. The first-order valence-electron chi connectivity index (χ1n) is 4.72. The molecule has 1 atom stereocenters. The van der Waals surface area contributed by atoms with Crippen molar-refractivity contribution in [1.29, 1.82) is 0 Å². The zero-order valence-electron chi connectivity index (χ0n) is 8.06. The number of rotatable bonds is 1. The van der Waals surface area contributed by atoms with Crippen molar-refractivity contribution in [3.8, 4) is 0 Å². The van der Waals surface area contributed by atoms with Crippen LogP contribution in [0.2, 0.25) is 0 Å². The molecule has 3 nitrogen and oxygen atoms in total. The molecular weight excluding hydrogens is 293 g/mol. The summed E-state index contributed by atoms with van der Waals surface area (Å²) in [6.45, 7) is 0. The summed E-state index contributed by atoms with van der Waals surface area (Å²) in [6.07, 6.45) is 2.21. The van der Waals surface area contributed by atoms with Crippen LogP contribution in [-0.4, -0.2) is 20.2 Å². The van der Waals surface area contributed by atoms with Crippen LogP contribution in [0.4, 0.5) is 0 Å². The molecule has 1 aliphatic carbocycles. The van der Waals surface area contributed by atoms with Crippen molar-refractivity contribution in [2.24, 2.45) is 0 Å². The number of carbonyl (C=O) groups excluding carboxylic acids is 2.